The molecule has 0 radical (unpaired) electrons. The lowest BCUT2D eigenvalue weighted by Crippen LogP contribution is -2.03. The van der Waals surface area contributed by atoms with Gasteiger partial charge in [0.15, 0.2) is 0 Å². The van der Waals surface area contributed by atoms with Gasteiger partial charge in [0, 0.05) is 13.1 Å². The highest BCUT2D eigenvalue weighted by atomic mass is 16.5. The SMILES string of the molecule is Cc1ccc(OCc2nc3ccc(Oc4ccc(C#N)cc4)cc3n2C)cc1. The zero-order chi connectivity index (χ0) is 19.5. The minimum Gasteiger partial charge on any atom is -0.486 e. The molecule has 3 aromatic carbocycles. The molecular weight excluding hydrogens is 350 g/mol. The Kier molecular flexibility index (Phi) is 4.69. The molecule has 0 spiro atoms. The molecule has 138 valence electrons. The molecule has 1 heterocycles. The first kappa shape index (κ1) is 17.6. The summed E-state index contributed by atoms with van der Waals surface area (Å²) >= 11 is 0. The van der Waals surface area contributed by atoms with Crippen LogP contribution in [0, 0.1) is 18.3 Å². The van der Waals surface area contributed by atoms with Gasteiger partial charge in [-0.15, -0.1) is 0 Å². The normalized spacial score (nSPS) is 10.6. The third kappa shape index (κ3) is 3.67. The largest absolute Gasteiger partial charge is 0.486 e. The lowest BCUT2D eigenvalue weighted by molar-refractivity contribution is 0.292. The van der Waals surface area contributed by atoms with Gasteiger partial charge in [-0.2, -0.15) is 5.26 Å². The van der Waals surface area contributed by atoms with Gasteiger partial charge in [-0.05, 0) is 55.5 Å². The third-order valence-corrected chi connectivity index (χ3v) is 4.55. The molecule has 0 N–H and O–H groups in total. The zero-order valence-electron chi connectivity index (χ0n) is 15.7. The van der Waals surface area contributed by atoms with E-state index in [2.05, 4.69) is 11.1 Å². The Hall–Kier alpha value is -3.78. The Balaban J connectivity index is 1.53. The predicted molar refractivity (Wildman–Crippen MR) is 107 cm³/mol. The maximum atomic E-state index is 8.89. The van der Waals surface area contributed by atoms with E-state index in [0.717, 1.165) is 22.6 Å². The molecule has 0 aliphatic rings. The molecule has 0 saturated heterocycles. The van der Waals surface area contributed by atoms with Crippen LogP contribution in [-0.2, 0) is 13.7 Å². The molecule has 5 heteroatoms. The fourth-order valence-electron chi connectivity index (χ4n) is 2.93. The second-order valence-corrected chi connectivity index (χ2v) is 6.58. The van der Waals surface area contributed by atoms with Crippen molar-refractivity contribution in [2.75, 3.05) is 0 Å². The maximum Gasteiger partial charge on any atom is 0.147 e. The van der Waals surface area contributed by atoms with Gasteiger partial charge < -0.3 is 14.0 Å². The van der Waals surface area contributed by atoms with E-state index in [1.165, 1.54) is 5.56 Å². The summed E-state index contributed by atoms with van der Waals surface area (Å²) < 4.78 is 13.8. The van der Waals surface area contributed by atoms with Gasteiger partial charge in [-0.25, -0.2) is 4.98 Å². The smallest absolute Gasteiger partial charge is 0.147 e. The van der Waals surface area contributed by atoms with Crippen LogP contribution in [0.3, 0.4) is 0 Å². The summed E-state index contributed by atoms with van der Waals surface area (Å²) in [6, 6.07) is 22.9. The van der Waals surface area contributed by atoms with Gasteiger partial charge in [0.25, 0.3) is 0 Å². The second kappa shape index (κ2) is 7.45. The van der Waals surface area contributed by atoms with Crippen molar-refractivity contribution < 1.29 is 9.47 Å². The van der Waals surface area contributed by atoms with E-state index in [-0.39, 0.29) is 0 Å². The number of benzene rings is 3. The number of aryl methyl sites for hydroxylation is 2. The van der Waals surface area contributed by atoms with E-state index in [1.54, 1.807) is 24.3 Å². The van der Waals surface area contributed by atoms with Crippen molar-refractivity contribution in [3.05, 3.63) is 83.7 Å². The predicted octanol–water partition coefficient (Wildman–Crippen LogP) is 5.12. The van der Waals surface area contributed by atoms with Crippen molar-refractivity contribution in [3.63, 3.8) is 0 Å². The average molecular weight is 369 g/mol. The summed E-state index contributed by atoms with van der Waals surface area (Å²) in [5, 5.41) is 8.89. The lowest BCUT2D eigenvalue weighted by atomic mass is 10.2. The van der Waals surface area contributed by atoms with Crippen LogP contribution in [0.5, 0.6) is 17.2 Å². The number of nitriles is 1. The highest BCUT2D eigenvalue weighted by Crippen LogP contribution is 2.26. The van der Waals surface area contributed by atoms with Crippen LogP contribution in [0.15, 0.2) is 66.7 Å². The van der Waals surface area contributed by atoms with Gasteiger partial charge in [0.05, 0.1) is 22.7 Å². The van der Waals surface area contributed by atoms with Crippen LogP contribution in [0.1, 0.15) is 17.0 Å². The van der Waals surface area contributed by atoms with Crippen molar-refractivity contribution in [1.82, 2.24) is 9.55 Å². The lowest BCUT2D eigenvalue weighted by Gasteiger charge is -2.07. The first-order valence-electron chi connectivity index (χ1n) is 8.95. The van der Waals surface area contributed by atoms with E-state index in [9.17, 15) is 0 Å². The maximum absolute atomic E-state index is 8.89. The van der Waals surface area contributed by atoms with Gasteiger partial charge in [0.2, 0.25) is 0 Å². The Morgan fingerprint density at radius 1 is 0.929 bits per heavy atom. The highest BCUT2D eigenvalue weighted by molar-refractivity contribution is 5.77. The Morgan fingerprint density at radius 2 is 1.61 bits per heavy atom. The fourth-order valence-corrected chi connectivity index (χ4v) is 2.93. The van der Waals surface area contributed by atoms with Crippen molar-refractivity contribution in [2.45, 2.75) is 13.5 Å². The molecule has 0 unspecified atom stereocenters. The van der Waals surface area contributed by atoms with Crippen LogP contribution >= 0.6 is 0 Å². The first-order valence-corrected chi connectivity index (χ1v) is 8.95. The molecule has 0 aliphatic carbocycles. The summed E-state index contributed by atoms with van der Waals surface area (Å²) in [6.45, 7) is 2.44. The number of nitrogens with zero attached hydrogens (tertiary/aromatic N) is 3. The van der Waals surface area contributed by atoms with Crippen molar-refractivity contribution >= 4 is 11.0 Å². The summed E-state index contributed by atoms with van der Waals surface area (Å²) in [7, 11) is 1.97. The number of imidazole rings is 1. The summed E-state index contributed by atoms with van der Waals surface area (Å²) in [4.78, 5) is 4.66. The van der Waals surface area contributed by atoms with Crippen molar-refractivity contribution in [3.8, 4) is 23.3 Å². The highest BCUT2D eigenvalue weighted by Gasteiger charge is 2.10. The topological polar surface area (TPSA) is 60.1 Å². The number of rotatable bonds is 5. The van der Waals surface area contributed by atoms with Crippen molar-refractivity contribution in [1.29, 1.82) is 5.26 Å². The van der Waals surface area contributed by atoms with Crippen LogP contribution in [0.25, 0.3) is 11.0 Å². The van der Waals surface area contributed by atoms with Gasteiger partial charge in [-0.3, -0.25) is 0 Å². The molecule has 0 bridgehead atoms. The molecule has 0 fully saturated rings. The molecule has 1 aromatic heterocycles. The third-order valence-electron chi connectivity index (χ3n) is 4.55. The van der Waals surface area contributed by atoms with E-state index >= 15 is 0 Å². The quantitative estimate of drug-likeness (QED) is 0.490. The van der Waals surface area contributed by atoms with Gasteiger partial charge in [0.1, 0.15) is 29.7 Å². The fraction of sp³-hybridized carbons (Fsp3) is 0.130. The Labute approximate surface area is 163 Å². The van der Waals surface area contributed by atoms with Gasteiger partial charge in [-0.1, -0.05) is 17.7 Å². The monoisotopic (exact) mass is 369 g/mol. The van der Waals surface area contributed by atoms with E-state index in [0.29, 0.717) is 23.7 Å². The van der Waals surface area contributed by atoms with Crippen LogP contribution < -0.4 is 9.47 Å². The first-order chi connectivity index (χ1) is 13.6. The molecule has 5 nitrogen and oxygen atoms in total. The molecular formula is C23H19N3O2. The standard InChI is InChI=1S/C23H19N3O2/c1-16-3-7-18(8-4-16)27-15-23-25-21-12-11-20(13-22(21)26(23)2)28-19-9-5-17(14-24)6-10-19/h3-13H,15H2,1-2H3. The number of fused-ring (bicyclic) bond motifs is 1. The minimum absolute atomic E-state index is 0.389. The van der Waals surface area contributed by atoms with E-state index in [4.69, 9.17) is 14.7 Å². The van der Waals surface area contributed by atoms with Gasteiger partial charge >= 0.3 is 0 Å². The van der Waals surface area contributed by atoms with Crippen LogP contribution in [0.2, 0.25) is 0 Å². The molecule has 28 heavy (non-hydrogen) atoms. The molecule has 4 rings (SSSR count). The van der Waals surface area contributed by atoms with Crippen LogP contribution in [-0.4, -0.2) is 9.55 Å². The minimum atomic E-state index is 0.389. The average Bonchev–Trinajstić information content (AvgIpc) is 3.03. The zero-order valence-corrected chi connectivity index (χ0v) is 15.7. The summed E-state index contributed by atoms with van der Waals surface area (Å²) in [6.07, 6.45) is 0. The molecule has 0 saturated carbocycles. The Bertz CT molecular complexity index is 1150. The number of aromatic nitrogens is 2. The number of hydrogen-bond donors (Lipinski definition) is 0. The van der Waals surface area contributed by atoms with E-state index in [1.807, 2.05) is 61.0 Å². The van der Waals surface area contributed by atoms with Crippen LogP contribution in [0.4, 0.5) is 0 Å². The molecule has 0 aliphatic heterocycles. The number of hydrogen-bond acceptors (Lipinski definition) is 4. The number of ether oxygens (including phenoxy) is 2. The molecule has 0 atom stereocenters. The van der Waals surface area contributed by atoms with Crippen molar-refractivity contribution in [2.24, 2.45) is 7.05 Å². The molecule has 0 amide bonds. The second-order valence-electron chi connectivity index (χ2n) is 6.58. The van der Waals surface area contributed by atoms with E-state index < -0.39 is 0 Å². The summed E-state index contributed by atoms with van der Waals surface area (Å²) in [5.41, 5.74) is 3.66. The molecule has 4 aromatic rings. The summed E-state index contributed by atoms with van der Waals surface area (Å²) in [5.74, 6) is 3.06. The Morgan fingerprint density at radius 3 is 2.32 bits per heavy atom.